The number of ether oxygens (including phenoxy) is 2. The first kappa shape index (κ1) is 18.7. The van der Waals surface area contributed by atoms with Gasteiger partial charge in [0.1, 0.15) is 5.75 Å². The molecule has 0 aliphatic carbocycles. The van der Waals surface area contributed by atoms with Crippen LogP contribution in [0.2, 0.25) is 0 Å². The van der Waals surface area contributed by atoms with Crippen molar-refractivity contribution in [1.29, 1.82) is 0 Å². The van der Waals surface area contributed by atoms with E-state index >= 15 is 0 Å². The molecule has 0 saturated carbocycles. The van der Waals surface area contributed by atoms with Crippen LogP contribution >= 0.6 is 0 Å². The zero-order valence-corrected chi connectivity index (χ0v) is 13.5. The maximum Gasteiger partial charge on any atom is 0.306 e. The van der Waals surface area contributed by atoms with Gasteiger partial charge >= 0.3 is 11.9 Å². The molecule has 1 aromatic carbocycles. The minimum absolute atomic E-state index is 0.0196. The SMILES string of the molecule is CCOC(=O)CCC(=O)c1ccc(O)c(CCC(=O)OCC)c1. The van der Waals surface area contributed by atoms with Crippen LogP contribution < -0.4 is 0 Å². The lowest BCUT2D eigenvalue weighted by molar-refractivity contribution is -0.144. The summed E-state index contributed by atoms with van der Waals surface area (Å²) in [5.41, 5.74) is 0.894. The summed E-state index contributed by atoms with van der Waals surface area (Å²) in [6, 6.07) is 4.46. The fraction of sp³-hybridized carbons (Fsp3) is 0.471. The Kier molecular flexibility index (Phi) is 7.80. The number of Topliss-reactive ketones (excluding diaryl/α,β-unsaturated/α-hetero) is 1. The average Bonchev–Trinajstić information content (AvgIpc) is 2.52. The van der Waals surface area contributed by atoms with E-state index in [0.29, 0.717) is 17.7 Å². The van der Waals surface area contributed by atoms with E-state index in [4.69, 9.17) is 9.47 Å². The molecule has 126 valence electrons. The summed E-state index contributed by atoms with van der Waals surface area (Å²) in [7, 11) is 0. The van der Waals surface area contributed by atoms with Crippen molar-refractivity contribution in [1.82, 2.24) is 0 Å². The Morgan fingerprint density at radius 2 is 1.57 bits per heavy atom. The second-order valence-electron chi connectivity index (χ2n) is 4.88. The highest BCUT2D eigenvalue weighted by Crippen LogP contribution is 2.21. The average molecular weight is 322 g/mol. The molecule has 0 spiro atoms. The molecule has 6 nitrogen and oxygen atoms in total. The van der Waals surface area contributed by atoms with Crippen molar-refractivity contribution in [2.24, 2.45) is 0 Å². The van der Waals surface area contributed by atoms with Crippen LogP contribution in [0.5, 0.6) is 5.75 Å². The molecule has 0 atom stereocenters. The Morgan fingerprint density at radius 3 is 2.17 bits per heavy atom. The number of rotatable bonds is 9. The van der Waals surface area contributed by atoms with Gasteiger partial charge in [-0.1, -0.05) is 0 Å². The molecule has 0 aromatic heterocycles. The molecule has 1 N–H and O–H groups in total. The number of aromatic hydroxyl groups is 1. The largest absolute Gasteiger partial charge is 0.508 e. The topological polar surface area (TPSA) is 89.9 Å². The van der Waals surface area contributed by atoms with Crippen LogP contribution in [0.4, 0.5) is 0 Å². The van der Waals surface area contributed by atoms with Gasteiger partial charge in [-0.2, -0.15) is 0 Å². The van der Waals surface area contributed by atoms with Gasteiger partial charge in [-0.25, -0.2) is 0 Å². The van der Waals surface area contributed by atoms with Gasteiger partial charge in [0.2, 0.25) is 0 Å². The number of phenols is 1. The number of hydrogen-bond donors (Lipinski definition) is 1. The highest BCUT2D eigenvalue weighted by atomic mass is 16.5. The first-order chi connectivity index (χ1) is 11.0. The molecule has 0 fully saturated rings. The van der Waals surface area contributed by atoms with E-state index in [9.17, 15) is 19.5 Å². The van der Waals surface area contributed by atoms with Crippen LogP contribution in [0, 0.1) is 0 Å². The van der Waals surface area contributed by atoms with Crippen molar-refractivity contribution in [3.8, 4) is 5.75 Å². The number of hydrogen-bond acceptors (Lipinski definition) is 6. The van der Waals surface area contributed by atoms with Crippen LogP contribution in [0.25, 0.3) is 0 Å². The van der Waals surface area contributed by atoms with Crippen LogP contribution in [-0.2, 0) is 25.5 Å². The molecule has 0 radical (unpaired) electrons. The Morgan fingerprint density at radius 1 is 0.957 bits per heavy atom. The number of esters is 2. The normalized spacial score (nSPS) is 10.2. The third kappa shape index (κ3) is 6.50. The Balaban J connectivity index is 2.66. The lowest BCUT2D eigenvalue weighted by atomic mass is 10.0. The maximum atomic E-state index is 12.1. The Hall–Kier alpha value is -2.37. The van der Waals surface area contributed by atoms with Crippen molar-refractivity contribution in [3.63, 3.8) is 0 Å². The number of carbonyl (C=O) groups is 3. The first-order valence-corrected chi connectivity index (χ1v) is 7.64. The van der Waals surface area contributed by atoms with E-state index in [2.05, 4.69) is 0 Å². The third-order valence-corrected chi connectivity index (χ3v) is 3.17. The van der Waals surface area contributed by atoms with Crippen LogP contribution in [0.15, 0.2) is 18.2 Å². The van der Waals surface area contributed by atoms with Crippen LogP contribution in [-0.4, -0.2) is 36.0 Å². The summed E-state index contributed by atoms with van der Waals surface area (Å²) in [5.74, 6) is -0.959. The standard InChI is InChI=1S/C17H22O6/c1-3-22-16(20)9-6-13-11-12(5-7-14(13)18)15(19)8-10-17(21)23-4-2/h5,7,11,18H,3-4,6,8-10H2,1-2H3. The van der Waals surface area contributed by atoms with Crippen molar-refractivity contribution in [3.05, 3.63) is 29.3 Å². The summed E-state index contributed by atoms with van der Waals surface area (Å²) in [4.78, 5) is 34.7. The minimum Gasteiger partial charge on any atom is -0.508 e. The smallest absolute Gasteiger partial charge is 0.306 e. The maximum absolute atomic E-state index is 12.1. The molecule has 1 rings (SSSR count). The summed E-state index contributed by atoms with van der Waals surface area (Å²) in [6.45, 7) is 4.01. The second kappa shape index (κ2) is 9.61. The fourth-order valence-electron chi connectivity index (χ4n) is 2.02. The van der Waals surface area contributed by atoms with Crippen molar-refractivity contribution in [2.75, 3.05) is 13.2 Å². The predicted molar refractivity (Wildman–Crippen MR) is 83.3 cm³/mol. The third-order valence-electron chi connectivity index (χ3n) is 3.17. The highest BCUT2D eigenvalue weighted by molar-refractivity contribution is 5.97. The molecule has 0 aliphatic heterocycles. The second-order valence-corrected chi connectivity index (χ2v) is 4.88. The summed E-state index contributed by atoms with van der Waals surface area (Å²) in [6.07, 6.45) is 0.470. The molecule has 0 aliphatic rings. The number of benzene rings is 1. The van der Waals surface area contributed by atoms with E-state index in [1.807, 2.05) is 0 Å². The summed E-state index contributed by atoms with van der Waals surface area (Å²) >= 11 is 0. The van der Waals surface area contributed by atoms with E-state index < -0.39 is 5.97 Å². The zero-order chi connectivity index (χ0) is 17.2. The van der Waals surface area contributed by atoms with Crippen LogP contribution in [0.3, 0.4) is 0 Å². The molecule has 1 aromatic rings. The minimum atomic E-state index is -0.415. The molecule has 23 heavy (non-hydrogen) atoms. The number of aryl methyl sites for hydroxylation is 1. The zero-order valence-electron chi connectivity index (χ0n) is 13.5. The molecule has 0 unspecified atom stereocenters. The summed E-state index contributed by atoms with van der Waals surface area (Å²) < 4.78 is 9.61. The lowest BCUT2D eigenvalue weighted by Gasteiger charge is -2.07. The van der Waals surface area contributed by atoms with Gasteiger partial charge in [-0.3, -0.25) is 14.4 Å². The lowest BCUT2D eigenvalue weighted by Crippen LogP contribution is -2.09. The Labute approximate surface area is 135 Å². The van der Waals surface area contributed by atoms with Crippen LogP contribution in [0.1, 0.15) is 49.0 Å². The van der Waals surface area contributed by atoms with E-state index in [0.717, 1.165) is 0 Å². The monoisotopic (exact) mass is 322 g/mol. The van der Waals surface area contributed by atoms with Crippen molar-refractivity contribution >= 4 is 17.7 Å². The van der Waals surface area contributed by atoms with Gasteiger partial charge in [-0.15, -0.1) is 0 Å². The Bertz CT molecular complexity index is 564. The molecular weight excluding hydrogens is 300 g/mol. The number of carbonyl (C=O) groups excluding carboxylic acids is 3. The fourth-order valence-corrected chi connectivity index (χ4v) is 2.02. The number of ketones is 1. The van der Waals surface area contributed by atoms with Gasteiger partial charge in [0.25, 0.3) is 0 Å². The van der Waals surface area contributed by atoms with E-state index in [-0.39, 0.29) is 49.8 Å². The van der Waals surface area contributed by atoms with E-state index in [1.165, 1.54) is 12.1 Å². The van der Waals surface area contributed by atoms with Gasteiger partial charge in [0.05, 0.1) is 19.6 Å². The van der Waals surface area contributed by atoms with Gasteiger partial charge < -0.3 is 14.6 Å². The van der Waals surface area contributed by atoms with Gasteiger partial charge in [0, 0.05) is 18.4 Å². The molecule has 0 saturated heterocycles. The molecule has 0 amide bonds. The molecule has 0 bridgehead atoms. The van der Waals surface area contributed by atoms with E-state index in [1.54, 1.807) is 19.9 Å². The first-order valence-electron chi connectivity index (χ1n) is 7.64. The molecule has 0 heterocycles. The molecule has 6 heteroatoms. The highest BCUT2D eigenvalue weighted by Gasteiger charge is 2.13. The quantitative estimate of drug-likeness (QED) is 0.554. The molecular formula is C17H22O6. The van der Waals surface area contributed by atoms with Gasteiger partial charge in [-0.05, 0) is 44.0 Å². The summed E-state index contributed by atoms with van der Waals surface area (Å²) in [5, 5.41) is 9.81. The predicted octanol–water partition coefficient (Wildman–Crippen LogP) is 2.41. The van der Waals surface area contributed by atoms with Gasteiger partial charge in [0.15, 0.2) is 5.78 Å². The number of phenolic OH excluding ortho intramolecular Hbond substituents is 1. The van der Waals surface area contributed by atoms with Crippen molar-refractivity contribution in [2.45, 2.75) is 39.5 Å². The van der Waals surface area contributed by atoms with Crippen molar-refractivity contribution < 1.29 is 29.0 Å².